The number of alkyl halides is 3. The summed E-state index contributed by atoms with van der Waals surface area (Å²) in [4.78, 5) is -0.194. The highest BCUT2D eigenvalue weighted by atomic mass is 35.5. The average molecular weight is 372 g/mol. The highest BCUT2D eigenvalue weighted by Gasteiger charge is 2.41. The van der Waals surface area contributed by atoms with Gasteiger partial charge in [-0.05, 0) is 37.5 Å². The van der Waals surface area contributed by atoms with Crippen LogP contribution < -0.4 is 0 Å². The third-order valence-electron chi connectivity index (χ3n) is 3.74. The standard InChI is InChI=1S/C14H17ClF3NO3S/c1-10-12(15)3-2-4-13(10)23(20,21)19(9-14(16,17)18)11-5-7-22-8-6-11/h2-4,11H,5-9H2,1H3. The summed E-state index contributed by atoms with van der Waals surface area (Å²) in [6, 6.07) is 3.45. The molecule has 9 heteroatoms. The zero-order chi connectivity index (χ0) is 17.3. The Morgan fingerprint density at radius 2 is 1.91 bits per heavy atom. The van der Waals surface area contributed by atoms with E-state index in [4.69, 9.17) is 16.3 Å². The first-order valence-electron chi connectivity index (χ1n) is 7.04. The normalized spacial score (nSPS) is 17.7. The van der Waals surface area contributed by atoms with E-state index in [0.717, 1.165) is 0 Å². The van der Waals surface area contributed by atoms with Gasteiger partial charge in [-0.15, -0.1) is 0 Å². The van der Waals surface area contributed by atoms with Crippen molar-refractivity contribution >= 4 is 21.6 Å². The highest BCUT2D eigenvalue weighted by molar-refractivity contribution is 7.89. The lowest BCUT2D eigenvalue weighted by Crippen LogP contribution is -2.47. The molecule has 0 unspecified atom stereocenters. The van der Waals surface area contributed by atoms with Gasteiger partial charge >= 0.3 is 6.18 Å². The minimum atomic E-state index is -4.63. The van der Waals surface area contributed by atoms with Crippen LogP contribution in [-0.4, -0.2) is 44.7 Å². The first-order chi connectivity index (χ1) is 10.6. The third-order valence-corrected chi connectivity index (χ3v) is 6.19. The molecule has 0 aliphatic carbocycles. The van der Waals surface area contributed by atoms with Gasteiger partial charge in [0.2, 0.25) is 10.0 Å². The highest BCUT2D eigenvalue weighted by Crippen LogP contribution is 2.31. The summed E-state index contributed by atoms with van der Waals surface area (Å²) < 4.78 is 70.0. The number of ether oxygens (including phenoxy) is 1. The molecular formula is C14H17ClF3NO3S. The van der Waals surface area contributed by atoms with Crippen molar-refractivity contribution in [3.05, 3.63) is 28.8 Å². The van der Waals surface area contributed by atoms with Crippen molar-refractivity contribution in [3.63, 3.8) is 0 Å². The summed E-state index contributed by atoms with van der Waals surface area (Å²) in [5.41, 5.74) is 0.244. The first kappa shape index (κ1) is 18.5. The molecule has 0 atom stereocenters. The lowest BCUT2D eigenvalue weighted by atomic mass is 10.1. The number of sulfonamides is 1. The van der Waals surface area contributed by atoms with E-state index in [9.17, 15) is 21.6 Å². The van der Waals surface area contributed by atoms with Crippen molar-refractivity contribution in [2.75, 3.05) is 19.8 Å². The van der Waals surface area contributed by atoms with Gasteiger partial charge in [-0.25, -0.2) is 8.42 Å². The molecule has 1 saturated heterocycles. The summed E-state index contributed by atoms with van der Waals surface area (Å²) in [5.74, 6) is 0. The molecule has 1 aliphatic heterocycles. The topological polar surface area (TPSA) is 46.6 Å². The molecule has 4 nitrogen and oxygen atoms in total. The minimum absolute atomic E-state index is 0.194. The molecule has 0 bridgehead atoms. The van der Waals surface area contributed by atoms with Gasteiger partial charge in [-0.1, -0.05) is 17.7 Å². The summed E-state index contributed by atoms with van der Waals surface area (Å²) >= 11 is 5.92. The molecule has 130 valence electrons. The van der Waals surface area contributed by atoms with Crippen LogP contribution in [0.3, 0.4) is 0 Å². The Labute approximate surface area is 138 Å². The quantitative estimate of drug-likeness (QED) is 0.815. The Morgan fingerprint density at radius 3 is 2.48 bits per heavy atom. The average Bonchev–Trinajstić information content (AvgIpc) is 2.47. The molecule has 0 saturated carbocycles. The summed E-state index contributed by atoms with van der Waals surface area (Å²) in [6.45, 7) is 0.434. The molecule has 1 heterocycles. The van der Waals surface area contributed by atoms with Crippen molar-refractivity contribution in [1.82, 2.24) is 4.31 Å². The van der Waals surface area contributed by atoms with E-state index in [2.05, 4.69) is 0 Å². The monoisotopic (exact) mass is 371 g/mol. The van der Waals surface area contributed by atoms with E-state index in [-0.39, 0.29) is 41.5 Å². The lowest BCUT2D eigenvalue weighted by molar-refractivity contribution is -0.141. The van der Waals surface area contributed by atoms with Gasteiger partial charge in [0.25, 0.3) is 0 Å². The predicted octanol–water partition coefficient (Wildman–Crippen LogP) is 3.38. The molecule has 0 aromatic heterocycles. The van der Waals surface area contributed by atoms with Gasteiger partial charge in [0.1, 0.15) is 6.54 Å². The fraction of sp³-hybridized carbons (Fsp3) is 0.571. The lowest BCUT2D eigenvalue weighted by Gasteiger charge is -2.34. The van der Waals surface area contributed by atoms with Crippen molar-refractivity contribution in [3.8, 4) is 0 Å². The maximum atomic E-state index is 12.9. The largest absolute Gasteiger partial charge is 0.402 e. The molecular weight excluding hydrogens is 355 g/mol. The zero-order valence-corrected chi connectivity index (χ0v) is 14.0. The fourth-order valence-corrected chi connectivity index (χ4v) is 4.70. The van der Waals surface area contributed by atoms with E-state index < -0.39 is 28.8 Å². The van der Waals surface area contributed by atoms with Crippen LogP contribution in [-0.2, 0) is 14.8 Å². The van der Waals surface area contributed by atoms with E-state index in [1.54, 1.807) is 0 Å². The van der Waals surface area contributed by atoms with Gasteiger partial charge in [-0.3, -0.25) is 0 Å². The molecule has 0 amide bonds. The van der Waals surface area contributed by atoms with E-state index in [1.165, 1.54) is 25.1 Å². The smallest absolute Gasteiger partial charge is 0.381 e. The SMILES string of the molecule is Cc1c(Cl)cccc1S(=O)(=O)N(CC(F)(F)F)C1CCOCC1. The number of hydrogen-bond donors (Lipinski definition) is 0. The Bertz CT molecular complexity index is 658. The first-order valence-corrected chi connectivity index (χ1v) is 8.86. The molecule has 1 aromatic carbocycles. The van der Waals surface area contributed by atoms with Crippen LogP contribution in [0.1, 0.15) is 18.4 Å². The maximum Gasteiger partial charge on any atom is 0.402 e. The number of halogens is 4. The van der Waals surface area contributed by atoms with Crippen molar-refractivity contribution in [1.29, 1.82) is 0 Å². The third kappa shape index (κ3) is 4.37. The summed E-state index contributed by atoms with van der Waals surface area (Å²) in [6.07, 6.45) is -4.16. The Kier molecular flexibility index (Phi) is 5.60. The molecule has 1 aliphatic rings. The van der Waals surface area contributed by atoms with Crippen LogP contribution in [0.15, 0.2) is 23.1 Å². The molecule has 2 rings (SSSR count). The van der Waals surface area contributed by atoms with Gasteiger partial charge in [0, 0.05) is 24.3 Å². The maximum absolute atomic E-state index is 12.9. The molecule has 1 fully saturated rings. The number of hydrogen-bond acceptors (Lipinski definition) is 3. The summed E-state index contributed by atoms with van der Waals surface area (Å²) in [5, 5.41) is 0.199. The van der Waals surface area contributed by atoms with Crippen LogP contribution in [0.25, 0.3) is 0 Å². The predicted molar refractivity (Wildman–Crippen MR) is 80.0 cm³/mol. The van der Waals surface area contributed by atoms with Crippen molar-refractivity contribution < 1.29 is 26.3 Å². The van der Waals surface area contributed by atoms with E-state index >= 15 is 0 Å². The van der Waals surface area contributed by atoms with Crippen molar-refractivity contribution in [2.24, 2.45) is 0 Å². The van der Waals surface area contributed by atoms with E-state index in [1.807, 2.05) is 0 Å². The molecule has 23 heavy (non-hydrogen) atoms. The number of benzene rings is 1. The molecule has 0 radical (unpaired) electrons. The van der Waals surface area contributed by atoms with Gasteiger partial charge in [0.15, 0.2) is 0 Å². The van der Waals surface area contributed by atoms with Gasteiger partial charge < -0.3 is 4.74 Å². The number of nitrogens with zero attached hydrogens (tertiary/aromatic N) is 1. The molecule has 0 N–H and O–H groups in total. The Balaban J connectivity index is 2.45. The van der Waals surface area contributed by atoms with Crippen molar-refractivity contribution in [2.45, 2.75) is 36.9 Å². The second kappa shape index (κ2) is 6.96. The molecule has 1 aromatic rings. The zero-order valence-electron chi connectivity index (χ0n) is 12.4. The molecule has 0 spiro atoms. The van der Waals surface area contributed by atoms with Crippen LogP contribution in [0.5, 0.6) is 0 Å². The van der Waals surface area contributed by atoms with Gasteiger partial charge in [-0.2, -0.15) is 17.5 Å². The summed E-state index contributed by atoms with van der Waals surface area (Å²) in [7, 11) is -4.31. The van der Waals surface area contributed by atoms with Crippen LogP contribution in [0.4, 0.5) is 13.2 Å². The fourth-order valence-electron chi connectivity index (χ4n) is 2.55. The number of rotatable bonds is 4. The van der Waals surface area contributed by atoms with Crippen LogP contribution in [0, 0.1) is 6.92 Å². The Morgan fingerprint density at radius 1 is 1.30 bits per heavy atom. The van der Waals surface area contributed by atoms with E-state index in [0.29, 0.717) is 4.31 Å². The second-order valence-corrected chi connectivity index (χ2v) is 7.64. The minimum Gasteiger partial charge on any atom is -0.381 e. The van der Waals surface area contributed by atoms with Gasteiger partial charge in [0.05, 0.1) is 4.90 Å². The van der Waals surface area contributed by atoms with Crippen LogP contribution in [0.2, 0.25) is 5.02 Å². The Hall–Kier alpha value is -0.830. The van der Waals surface area contributed by atoms with Crippen LogP contribution >= 0.6 is 11.6 Å². The second-order valence-electron chi connectivity index (χ2n) is 5.37.